The first-order chi connectivity index (χ1) is 12.2. The fraction of sp³-hybridized carbons (Fsp3) is 0.200. The molecule has 3 aromatic rings. The van der Waals surface area contributed by atoms with Gasteiger partial charge in [-0.25, -0.2) is 9.37 Å². The van der Waals surface area contributed by atoms with Crippen LogP contribution in [0.4, 0.5) is 27.5 Å². The first-order valence-corrected chi connectivity index (χ1v) is 8.43. The van der Waals surface area contributed by atoms with Crippen molar-refractivity contribution in [3.8, 4) is 0 Å². The summed E-state index contributed by atoms with van der Waals surface area (Å²) in [4.78, 5) is 11.4. The Kier molecular flexibility index (Phi) is 4.06. The third-order valence-corrected chi connectivity index (χ3v) is 4.33. The number of para-hydroxylation sites is 1. The number of aromatic nitrogens is 2. The van der Waals surface area contributed by atoms with Crippen molar-refractivity contribution in [2.45, 2.75) is 19.8 Å². The lowest BCUT2D eigenvalue weighted by Crippen LogP contribution is -2.25. The van der Waals surface area contributed by atoms with Gasteiger partial charge in [0.25, 0.3) is 0 Å². The minimum Gasteiger partial charge on any atom is -0.326 e. The molecule has 1 aliphatic rings. The van der Waals surface area contributed by atoms with E-state index >= 15 is 0 Å². The molecule has 0 atom stereocenters. The highest BCUT2D eigenvalue weighted by Crippen LogP contribution is 2.33. The maximum Gasteiger partial charge on any atom is 0.229 e. The fourth-order valence-electron chi connectivity index (χ4n) is 3.18. The van der Waals surface area contributed by atoms with E-state index in [1.165, 1.54) is 23.4 Å². The lowest BCUT2D eigenvalue weighted by atomic mass is 10.0. The highest BCUT2D eigenvalue weighted by molar-refractivity contribution is 5.67. The Morgan fingerprint density at radius 2 is 1.84 bits per heavy atom. The molecule has 0 fully saturated rings. The molecule has 2 aromatic carbocycles. The van der Waals surface area contributed by atoms with E-state index in [1.54, 1.807) is 12.1 Å². The third kappa shape index (κ3) is 3.31. The molecular weight excluding hydrogens is 315 g/mol. The molecule has 0 bridgehead atoms. The normalized spacial score (nSPS) is 13.4. The molecule has 25 heavy (non-hydrogen) atoms. The summed E-state index contributed by atoms with van der Waals surface area (Å²) in [5.41, 5.74) is 4.20. The number of fused-ring (bicyclic) bond motifs is 1. The molecule has 1 aromatic heterocycles. The van der Waals surface area contributed by atoms with Gasteiger partial charge in [-0.1, -0.05) is 18.2 Å². The predicted molar refractivity (Wildman–Crippen MR) is 98.2 cm³/mol. The Balaban J connectivity index is 1.67. The Morgan fingerprint density at radius 1 is 1.04 bits per heavy atom. The summed E-state index contributed by atoms with van der Waals surface area (Å²) in [6.07, 6.45) is 2.19. The second-order valence-corrected chi connectivity index (χ2v) is 6.21. The minimum absolute atomic E-state index is 0.263. The summed E-state index contributed by atoms with van der Waals surface area (Å²) in [7, 11) is 0. The van der Waals surface area contributed by atoms with E-state index in [0.717, 1.165) is 36.6 Å². The van der Waals surface area contributed by atoms with Crippen molar-refractivity contribution in [2.24, 2.45) is 0 Å². The molecular formula is C20H19FN4. The van der Waals surface area contributed by atoms with Crippen LogP contribution in [0.1, 0.15) is 17.7 Å². The van der Waals surface area contributed by atoms with Gasteiger partial charge in [0, 0.05) is 29.7 Å². The molecule has 126 valence electrons. The summed E-state index contributed by atoms with van der Waals surface area (Å²) < 4.78 is 13.1. The van der Waals surface area contributed by atoms with E-state index in [9.17, 15) is 4.39 Å². The lowest BCUT2D eigenvalue weighted by molar-refractivity contribution is 0.628. The standard InChI is InChI=1S/C20H19FN4/c1-14-13-19(25-12-4-6-15-5-2-3-7-18(15)25)24-20(22-14)23-17-10-8-16(21)9-11-17/h2-3,5,7-11,13H,4,6,12H2,1H3,(H,22,23,24). The summed E-state index contributed by atoms with van der Waals surface area (Å²) in [5.74, 6) is 1.13. The number of benzene rings is 2. The Bertz CT molecular complexity index is 892. The van der Waals surface area contributed by atoms with Crippen LogP contribution >= 0.6 is 0 Å². The second-order valence-electron chi connectivity index (χ2n) is 6.21. The van der Waals surface area contributed by atoms with E-state index in [1.807, 2.05) is 13.0 Å². The van der Waals surface area contributed by atoms with Crippen molar-refractivity contribution < 1.29 is 4.39 Å². The first kappa shape index (κ1) is 15.6. The number of aryl methyl sites for hydroxylation is 2. The number of anilines is 4. The number of hydrogen-bond donors (Lipinski definition) is 1. The van der Waals surface area contributed by atoms with Crippen molar-refractivity contribution in [2.75, 3.05) is 16.8 Å². The van der Waals surface area contributed by atoms with Gasteiger partial charge in [0.05, 0.1) is 0 Å². The SMILES string of the molecule is Cc1cc(N2CCCc3ccccc32)nc(Nc2ccc(F)cc2)n1. The van der Waals surface area contributed by atoms with Crippen LogP contribution in [0, 0.1) is 12.7 Å². The van der Waals surface area contributed by atoms with Gasteiger partial charge in [0.15, 0.2) is 0 Å². The minimum atomic E-state index is -0.263. The molecule has 4 rings (SSSR count). The number of hydrogen-bond acceptors (Lipinski definition) is 4. The zero-order chi connectivity index (χ0) is 17.2. The Labute approximate surface area is 146 Å². The molecule has 0 aliphatic carbocycles. The molecule has 0 amide bonds. The summed E-state index contributed by atoms with van der Waals surface area (Å²) in [6, 6.07) is 16.6. The molecule has 1 aliphatic heterocycles. The van der Waals surface area contributed by atoms with Crippen LogP contribution in [0.3, 0.4) is 0 Å². The Hall–Kier alpha value is -2.95. The van der Waals surface area contributed by atoms with Gasteiger partial charge >= 0.3 is 0 Å². The van der Waals surface area contributed by atoms with Crippen LogP contribution in [0.15, 0.2) is 54.6 Å². The number of nitrogens with one attached hydrogen (secondary N) is 1. The maximum absolute atomic E-state index is 13.1. The van der Waals surface area contributed by atoms with Crippen LogP contribution < -0.4 is 10.2 Å². The van der Waals surface area contributed by atoms with Crippen LogP contribution in [0.5, 0.6) is 0 Å². The van der Waals surface area contributed by atoms with E-state index in [-0.39, 0.29) is 5.82 Å². The summed E-state index contributed by atoms with van der Waals surface area (Å²) >= 11 is 0. The summed E-state index contributed by atoms with van der Waals surface area (Å²) in [5, 5.41) is 3.16. The van der Waals surface area contributed by atoms with Gasteiger partial charge in [-0.15, -0.1) is 0 Å². The largest absolute Gasteiger partial charge is 0.326 e. The van der Waals surface area contributed by atoms with E-state index < -0.39 is 0 Å². The van der Waals surface area contributed by atoms with Crippen molar-refractivity contribution in [1.29, 1.82) is 0 Å². The van der Waals surface area contributed by atoms with Crippen molar-refractivity contribution in [3.05, 3.63) is 71.7 Å². The third-order valence-electron chi connectivity index (χ3n) is 4.33. The van der Waals surface area contributed by atoms with E-state index in [0.29, 0.717) is 5.95 Å². The van der Waals surface area contributed by atoms with Crippen LogP contribution in [-0.2, 0) is 6.42 Å². The van der Waals surface area contributed by atoms with Gasteiger partial charge in [0.2, 0.25) is 5.95 Å². The lowest BCUT2D eigenvalue weighted by Gasteiger charge is -2.30. The average Bonchev–Trinajstić information content (AvgIpc) is 2.63. The van der Waals surface area contributed by atoms with Gasteiger partial charge in [-0.3, -0.25) is 0 Å². The molecule has 0 radical (unpaired) electrons. The topological polar surface area (TPSA) is 41.1 Å². The van der Waals surface area contributed by atoms with Crippen LogP contribution in [-0.4, -0.2) is 16.5 Å². The zero-order valence-electron chi connectivity index (χ0n) is 14.0. The quantitative estimate of drug-likeness (QED) is 0.750. The fourth-order valence-corrected chi connectivity index (χ4v) is 3.18. The van der Waals surface area contributed by atoms with E-state index in [4.69, 9.17) is 0 Å². The zero-order valence-corrected chi connectivity index (χ0v) is 14.0. The van der Waals surface area contributed by atoms with Gasteiger partial charge in [0.1, 0.15) is 11.6 Å². The van der Waals surface area contributed by atoms with E-state index in [2.05, 4.69) is 44.5 Å². The average molecular weight is 334 g/mol. The molecule has 0 unspecified atom stereocenters. The molecule has 5 heteroatoms. The predicted octanol–water partition coefficient (Wildman–Crippen LogP) is 4.75. The number of rotatable bonds is 3. The number of nitrogens with zero attached hydrogens (tertiary/aromatic N) is 3. The summed E-state index contributed by atoms with van der Waals surface area (Å²) in [6.45, 7) is 2.89. The molecule has 2 heterocycles. The highest BCUT2D eigenvalue weighted by atomic mass is 19.1. The van der Waals surface area contributed by atoms with Crippen LogP contribution in [0.2, 0.25) is 0 Å². The monoisotopic (exact) mass is 334 g/mol. The number of halogens is 1. The van der Waals surface area contributed by atoms with Crippen LogP contribution in [0.25, 0.3) is 0 Å². The van der Waals surface area contributed by atoms with Crippen molar-refractivity contribution >= 4 is 23.1 Å². The molecule has 0 saturated carbocycles. The molecule has 1 N–H and O–H groups in total. The van der Waals surface area contributed by atoms with Crippen molar-refractivity contribution in [1.82, 2.24) is 9.97 Å². The molecule has 4 nitrogen and oxygen atoms in total. The second kappa shape index (κ2) is 6.51. The van der Waals surface area contributed by atoms with Gasteiger partial charge in [-0.05, 0) is 55.7 Å². The smallest absolute Gasteiger partial charge is 0.229 e. The maximum atomic E-state index is 13.1. The molecule has 0 spiro atoms. The molecule has 0 saturated heterocycles. The van der Waals surface area contributed by atoms with Gasteiger partial charge in [-0.2, -0.15) is 4.98 Å². The first-order valence-electron chi connectivity index (χ1n) is 8.43. The van der Waals surface area contributed by atoms with Crippen molar-refractivity contribution in [3.63, 3.8) is 0 Å². The van der Waals surface area contributed by atoms with Gasteiger partial charge < -0.3 is 10.2 Å². The Morgan fingerprint density at radius 3 is 2.68 bits per heavy atom. The highest BCUT2D eigenvalue weighted by Gasteiger charge is 2.19.